The molecular formula is C17H14N4OS2. The van der Waals surface area contributed by atoms with Crippen LogP contribution in [0.5, 0.6) is 0 Å². The molecule has 1 aromatic carbocycles. The van der Waals surface area contributed by atoms with Crippen LogP contribution in [0.2, 0.25) is 0 Å². The molecule has 0 aliphatic heterocycles. The normalized spacial score (nSPS) is 10.5. The van der Waals surface area contributed by atoms with Crippen LogP contribution in [0.15, 0.2) is 40.7 Å². The molecule has 0 spiro atoms. The van der Waals surface area contributed by atoms with E-state index in [1.54, 1.807) is 35.2 Å². The van der Waals surface area contributed by atoms with Crippen LogP contribution < -0.4 is 4.90 Å². The molecule has 7 heteroatoms. The molecule has 3 rings (SSSR count). The van der Waals surface area contributed by atoms with E-state index in [4.69, 9.17) is 5.26 Å². The smallest absolute Gasteiger partial charge is 0.259 e. The predicted octanol–water partition coefficient (Wildman–Crippen LogP) is 3.71. The van der Waals surface area contributed by atoms with E-state index >= 15 is 0 Å². The zero-order valence-electron chi connectivity index (χ0n) is 12.9. The Labute approximate surface area is 149 Å². The molecule has 2 heterocycles. The first-order chi connectivity index (χ1) is 11.6. The summed E-state index contributed by atoms with van der Waals surface area (Å²) in [7, 11) is 0. The molecule has 0 bridgehead atoms. The molecule has 0 N–H and O–H groups in total. The van der Waals surface area contributed by atoms with E-state index in [0.29, 0.717) is 28.7 Å². The summed E-state index contributed by atoms with van der Waals surface area (Å²) in [6, 6.07) is 12.8. The second-order valence-corrected chi connectivity index (χ2v) is 6.78. The molecule has 5 nitrogen and oxygen atoms in total. The number of carbonyl (C=O) groups excluding carboxylic acids is 1. The molecule has 0 unspecified atom stereocenters. The molecule has 3 aromatic rings. The van der Waals surface area contributed by atoms with Crippen molar-refractivity contribution in [2.75, 3.05) is 11.4 Å². The van der Waals surface area contributed by atoms with Gasteiger partial charge in [0.05, 0.1) is 12.5 Å². The summed E-state index contributed by atoms with van der Waals surface area (Å²) in [6.07, 6.45) is 0.335. The number of hydrogen-bond acceptors (Lipinski definition) is 6. The Kier molecular flexibility index (Phi) is 4.79. The summed E-state index contributed by atoms with van der Waals surface area (Å²) < 4.78 is 0.650. The Hall–Kier alpha value is -2.43. The van der Waals surface area contributed by atoms with Crippen molar-refractivity contribution >= 4 is 46.0 Å². The molecule has 2 aromatic heterocycles. The van der Waals surface area contributed by atoms with Gasteiger partial charge in [0.15, 0.2) is 0 Å². The summed E-state index contributed by atoms with van der Waals surface area (Å²) in [6.45, 7) is 2.41. The Balaban J connectivity index is 1.91. The van der Waals surface area contributed by atoms with E-state index in [0.717, 1.165) is 15.9 Å². The van der Waals surface area contributed by atoms with Gasteiger partial charge in [0.2, 0.25) is 0 Å². The number of thiol groups is 1. The van der Waals surface area contributed by atoms with E-state index in [1.165, 1.54) is 11.3 Å². The van der Waals surface area contributed by atoms with Crippen molar-refractivity contribution in [2.45, 2.75) is 17.7 Å². The number of thiazole rings is 1. The zero-order chi connectivity index (χ0) is 17.1. The second-order valence-electron chi connectivity index (χ2n) is 5.07. The van der Waals surface area contributed by atoms with Crippen LogP contribution in [0.1, 0.15) is 22.8 Å². The van der Waals surface area contributed by atoms with Gasteiger partial charge in [0, 0.05) is 12.1 Å². The van der Waals surface area contributed by atoms with Crippen molar-refractivity contribution in [3.63, 3.8) is 0 Å². The van der Waals surface area contributed by atoms with E-state index in [1.807, 2.05) is 13.0 Å². The fraction of sp³-hybridized carbons (Fsp3) is 0.176. The van der Waals surface area contributed by atoms with Gasteiger partial charge >= 0.3 is 0 Å². The third-order valence-corrected chi connectivity index (χ3v) is 4.69. The number of amides is 1. The highest BCUT2D eigenvalue weighted by Crippen LogP contribution is 2.26. The standard InChI is InChI=1S/C17H14N4OS2/c1-2-21(14-8-7-13-15(20-14)24-17(23)19-13)16(22)12-5-3-11(4-6-12)9-10-18/h3-8H,2,9H2,1H3,(H,19,23). The number of nitrogens with zero attached hydrogens (tertiary/aromatic N) is 4. The van der Waals surface area contributed by atoms with Crippen LogP contribution >= 0.6 is 24.0 Å². The number of pyridine rings is 1. The van der Waals surface area contributed by atoms with Crippen LogP contribution in [0, 0.1) is 11.3 Å². The van der Waals surface area contributed by atoms with Gasteiger partial charge in [-0.3, -0.25) is 9.69 Å². The molecule has 0 saturated heterocycles. The van der Waals surface area contributed by atoms with Gasteiger partial charge in [-0.25, -0.2) is 9.97 Å². The van der Waals surface area contributed by atoms with Gasteiger partial charge in [-0.1, -0.05) is 23.5 Å². The molecule has 0 saturated carbocycles. The topological polar surface area (TPSA) is 69.9 Å². The van der Waals surface area contributed by atoms with Crippen molar-refractivity contribution < 1.29 is 4.79 Å². The van der Waals surface area contributed by atoms with Gasteiger partial charge in [-0.05, 0) is 36.8 Å². The molecule has 0 aliphatic rings. The quantitative estimate of drug-likeness (QED) is 0.725. The van der Waals surface area contributed by atoms with Gasteiger partial charge in [0.25, 0.3) is 5.91 Å². The summed E-state index contributed by atoms with van der Waals surface area (Å²) in [5.41, 5.74) is 2.24. The molecule has 0 aliphatic carbocycles. The van der Waals surface area contributed by atoms with Crippen LogP contribution in [-0.4, -0.2) is 22.4 Å². The number of carbonyl (C=O) groups is 1. The lowest BCUT2D eigenvalue weighted by Gasteiger charge is -2.20. The van der Waals surface area contributed by atoms with Crippen molar-refractivity contribution in [3.8, 4) is 6.07 Å². The lowest BCUT2D eigenvalue weighted by atomic mass is 10.1. The average Bonchev–Trinajstić information content (AvgIpc) is 2.96. The highest BCUT2D eigenvalue weighted by atomic mass is 32.2. The maximum atomic E-state index is 12.8. The highest BCUT2D eigenvalue weighted by molar-refractivity contribution is 7.82. The minimum absolute atomic E-state index is 0.122. The van der Waals surface area contributed by atoms with Crippen LogP contribution in [0.25, 0.3) is 10.3 Å². The van der Waals surface area contributed by atoms with Gasteiger partial charge in [-0.15, -0.1) is 12.6 Å². The second kappa shape index (κ2) is 6.99. The lowest BCUT2D eigenvalue weighted by molar-refractivity contribution is 0.0987. The first-order valence-electron chi connectivity index (χ1n) is 7.36. The summed E-state index contributed by atoms with van der Waals surface area (Å²) in [5, 5.41) is 8.72. The first kappa shape index (κ1) is 16.4. The molecular weight excluding hydrogens is 340 g/mol. The molecule has 1 amide bonds. The van der Waals surface area contributed by atoms with Crippen molar-refractivity contribution in [2.24, 2.45) is 0 Å². The van der Waals surface area contributed by atoms with E-state index in [-0.39, 0.29) is 5.91 Å². The summed E-state index contributed by atoms with van der Waals surface area (Å²) in [4.78, 5) is 23.9. The van der Waals surface area contributed by atoms with E-state index < -0.39 is 0 Å². The van der Waals surface area contributed by atoms with Gasteiger partial charge in [-0.2, -0.15) is 5.26 Å². The molecule has 0 atom stereocenters. The number of aromatic nitrogens is 2. The fourth-order valence-corrected chi connectivity index (χ4v) is 3.41. The van der Waals surface area contributed by atoms with E-state index in [9.17, 15) is 4.79 Å². The Morgan fingerprint density at radius 2 is 2.00 bits per heavy atom. The largest absolute Gasteiger partial charge is 0.293 e. The average molecular weight is 354 g/mol. The first-order valence-corrected chi connectivity index (χ1v) is 8.63. The van der Waals surface area contributed by atoms with Crippen LogP contribution in [0.3, 0.4) is 0 Å². The third kappa shape index (κ3) is 3.25. The summed E-state index contributed by atoms with van der Waals surface area (Å²) >= 11 is 5.62. The molecule has 24 heavy (non-hydrogen) atoms. The lowest BCUT2D eigenvalue weighted by Crippen LogP contribution is -2.31. The van der Waals surface area contributed by atoms with Crippen molar-refractivity contribution in [3.05, 3.63) is 47.5 Å². The zero-order valence-corrected chi connectivity index (χ0v) is 14.6. The number of nitriles is 1. The van der Waals surface area contributed by atoms with Crippen molar-refractivity contribution in [1.82, 2.24) is 9.97 Å². The fourth-order valence-electron chi connectivity index (χ4n) is 2.37. The molecule has 0 fully saturated rings. The maximum absolute atomic E-state index is 12.8. The number of fused-ring (bicyclic) bond motifs is 1. The monoisotopic (exact) mass is 354 g/mol. The van der Waals surface area contributed by atoms with E-state index in [2.05, 4.69) is 28.7 Å². The Morgan fingerprint density at radius 3 is 2.67 bits per heavy atom. The third-order valence-electron chi connectivity index (χ3n) is 3.55. The number of benzene rings is 1. The van der Waals surface area contributed by atoms with Gasteiger partial charge in [0.1, 0.15) is 20.5 Å². The minimum Gasteiger partial charge on any atom is -0.293 e. The SMILES string of the molecule is CCN(C(=O)c1ccc(CC#N)cc1)c1ccc2nc(S)sc2n1. The Morgan fingerprint density at radius 1 is 1.25 bits per heavy atom. The molecule has 120 valence electrons. The number of hydrogen-bond donors (Lipinski definition) is 1. The minimum atomic E-state index is -0.122. The van der Waals surface area contributed by atoms with Crippen LogP contribution in [0.4, 0.5) is 5.82 Å². The predicted molar refractivity (Wildman–Crippen MR) is 97.8 cm³/mol. The van der Waals surface area contributed by atoms with Crippen molar-refractivity contribution in [1.29, 1.82) is 5.26 Å². The Bertz CT molecular complexity index is 928. The van der Waals surface area contributed by atoms with Crippen LogP contribution in [-0.2, 0) is 6.42 Å². The molecule has 0 radical (unpaired) electrons. The maximum Gasteiger partial charge on any atom is 0.259 e. The number of rotatable bonds is 4. The number of anilines is 1. The summed E-state index contributed by atoms with van der Waals surface area (Å²) in [5.74, 6) is 0.469. The van der Waals surface area contributed by atoms with Gasteiger partial charge < -0.3 is 0 Å². The highest BCUT2D eigenvalue weighted by Gasteiger charge is 2.18.